The molecule has 1 N–H and O–H groups in total. The molecule has 20 heavy (non-hydrogen) atoms. The molecule has 0 aliphatic heterocycles. The number of nitrogens with one attached hydrogen (secondary N) is 1. The Balaban J connectivity index is 1.84. The minimum atomic E-state index is 0.641. The summed E-state index contributed by atoms with van der Waals surface area (Å²) in [6, 6.07) is 16.3. The van der Waals surface area contributed by atoms with Gasteiger partial charge in [0.05, 0.1) is 0 Å². The van der Waals surface area contributed by atoms with E-state index in [-0.39, 0.29) is 0 Å². The Morgan fingerprint density at radius 2 is 1.90 bits per heavy atom. The van der Waals surface area contributed by atoms with Crippen LogP contribution in [-0.2, 0) is 10.8 Å². The second-order valence-corrected chi connectivity index (χ2v) is 6.02. The third-order valence-electron chi connectivity index (χ3n) is 3.60. The molecule has 0 spiro atoms. The van der Waals surface area contributed by atoms with Crippen molar-refractivity contribution in [2.45, 2.75) is 25.8 Å². The molecule has 0 aliphatic carbocycles. The number of aromatic nitrogens is 1. The highest BCUT2D eigenvalue weighted by Crippen LogP contribution is 2.28. The predicted octanol–water partition coefficient (Wildman–Crippen LogP) is 4.33. The van der Waals surface area contributed by atoms with Gasteiger partial charge in [-0.3, -0.25) is 0 Å². The first-order valence-electron chi connectivity index (χ1n) is 7.23. The molecule has 0 amide bonds. The lowest BCUT2D eigenvalue weighted by molar-refractivity contribution is 0.359. The van der Waals surface area contributed by atoms with Gasteiger partial charge >= 0.3 is 0 Å². The number of aromatic amines is 1. The molecular formula is C17H19NOSi. The van der Waals surface area contributed by atoms with Crippen molar-refractivity contribution >= 4 is 31.6 Å². The van der Waals surface area contributed by atoms with E-state index in [1.807, 2.05) is 0 Å². The number of H-pyrrole nitrogens is 1. The van der Waals surface area contributed by atoms with E-state index in [1.165, 1.54) is 33.8 Å². The van der Waals surface area contributed by atoms with Crippen molar-refractivity contribution in [1.82, 2.24) is 4.98 Å². The lowest BCUT2D eigenvalue weighted by Crippen LogP contribution is -1.98. The molecule has 0 bridgehead atoms. The molecule has 2 nitrogen and oxygen atoms in total. The van der Waals surface area contributed by atoms with Crippen molar-refractivity contribution in [3.63, 3.8) is 0 Å². The van der Waals surface area contributed by atoms with Crippen LogP contribution in [0.3, 0.4) is 0 Å². The lowest BCUT2D eigenvalue weighted by Gasteiger charge is -2.03. The van der Waals surface area contributed by atoms with Gasteiger partial charge in [0, 0.05) is 28.4 Å². The Morgan fingerprint density at radius 1 is 1.05 bits per heavy atom. The van der Waals surface area contributed by atoms with E-state index in [0.29, 0.717) is 9.76 Å². The van der Waals surface area contributed by atoms with Crippen LogP contribution >= 0.6 is 0 Å². The van der Waals surface area contributed by atoms with Gasteiger partial charge in [0.25, 0.3) is 0 Å². The van der Waals surface area contributed by atoms with Crippen LogP contribution in [0.4, 0.5) is 0 Å². The Kier molecular flexibility index (Phi) is 4.18. The monoisotopic (exact) mass is 281 g/mol. The smallest absolute Gasteiger partial charge is 0.229 e. The van der Waals surface area contributed by atoms with Crippen LogP contribution in [0.1, 0.15) is 18.9 Å². The molecule has 3 rings (SSSR count). The molecule has 0 saturated heterocycles. The minimum absolute atomic E-state index is 0.641. The van der Waals surface area contributed by atoms with E-state index in [0.717, 1.165) is 19.1 Å². The quantitative estimate of drug-likeness (QED) is 0.528. The Morgan fingerprint density at radius 3 is 2.80 bits per heavy atom. The fourth-order valence-electron chi connectivity index (χ4n) is 2.67. The SMILES string of the molecule is CCO[Si]CCCc1cccc2c1[nH]c1ccccc12. The summed E-state index contributed by atoms with van der Waals surface area (Å²) in [5, 5.41) is 2.66. The number of para-hydroxylation sites is 2. The largest absolute Gasteiger partial charge is 0.418 e. The fraction of sp³-hybridized carbons (Fsp3) is 0.294. The van der Waals surface area contributed by atoms with E-state index in [2.05, 4.69) is 54.4 Å². The first kappa shape index (κ1) is 13.4. The standard InChI is InChI=1S/C17H19NOSi/c1-2-19-20-12-6-8-13-7-5-10-15-14-9-3-4-11-16(14)18-17(13)15/h3-5,7,9-11,18H,2,6,8,12H2,1H3. The molecule has 102 valence electrons. The van der Waals surface area contributed by atoms with E-state index >= 15 is 0 Å². The van der Waals surface area contributed by atoms with Crippen LogP contribution in [0.15, 0.2) is 42.5 Å². The molecule has 3 aromatic rings. The molecule has 2 radical (unpaired) electrons. The van der Waals surface area contributed by atoms with Gasteiger partial charge in [-0.1, -0.05) is 36.4 Å². The first-order valence-corrected chi connectivity index (χ1v) is 8.34. The molecule has 0 aliphatic rings. The maximum atomic E-state index is 5.43. The van der Waals surface area contributed by atoms with Gasteiger partial charge in [-0.05, 0) is 37.4 Å². The van der Waals surface area contributed by atoms with Gasteiger partial charge in [0.15, 0.2) is 0 Å². The zero-order valence-electron chi connectivity index (χ0n) is 11.8. The summed E-state index contributed by atoms with van der Waals surface area (Å²) in [4.78, 5) is 3.57. The van der Waals surface area contributed by atoms with Crippen molar-refractivity contribution in [1.29, 1.82) is 0 Å². The molecule has 1 aromatic heterocycles. The average Bonchev–Trinajstić information content (AvgIpc) is 2.87. The van der Waals surface area contributed by atoms with Gasteiger partial charge in [0.2, 0.25) is 9.76 Å². The summed E-state index contributed by atoms with van der Waals surface area (Å²) < 4.78 is 5.43. The average molecular weight is 281 g/mol. The molecule has 0 unspecified atom stereocenters. The van der Waals surface area contributed by atoms with Crippen LogP contribution in [-0.4, -0.2) is 21.4 Å². The van der Waals surface area contributed by atoms with E-state index in [4.69, 9.17) is 4.43 Å². The number of benzene rings is 2. The first-order chi connectivity index (χ1) is 9.90. The van der Waals surface area contributed by atoms with Crippen LogP contribution in [0.2, 0.25) is 6.04 Å². The van der Waals surface area contributed by atoms with Crippen molar-refractivity contribution in [3.05, 3.63) is 48.0 Å². The second-order valence-electron chi connectivity index (χ2n) is 4.94. The predicted molar refractivity (Wildman–Crippen MR) is 86.3 cm³/mol. The van der Waals surface area contributed by atoms with Gasteiger partial charge in [0.1, 0.15) is 0 Å². The van der Waals surface area contributed by atoms with Crippen LogP contribution in [0.5, 0.6) is 0 Å². The molecule has 0 atom stereocenters. The summed E-state index contributed by atoms with van der Waals surface area (Å²) >= 11 is 0. The number of hydrogen-bond donors (Lipinski definition) is 1. The van der Waals surface area contributed by atoms with Gasteiger partial charge in [-0.15, -0.1) is 0 Å². The summed E-state index contributed by atoms with van der Waals surface area (Å²) in [6.07, 6.45) is 2.30. The van der Waals surface area contributed by atoms with Crippen LogP contribution in [0.25, 0.3) is 21.8 Å². The van der Waals surface area contributed by atoms with Crippen molar-refractivity contribution < 1.29 is 4.43 Å². The number of hydrogen-bond acceptors (Lipinski definition) is 1. The van der Waals surface area contributed by atoms with Crippen LogP contribution < -0.4 is 0 Å². The Hall–Kier alpha value is -1.58. The summed E-state index contributed by atoms with van der Waals surface area (Å²) in [7, 11) is 0.641. The molecule has 0 fully saturated rings. The topological polar surface area (TPSA) is 25.0 Å². The second kappa shape index (κ2) is 6.24. The summed E-state index contributed by atoms with van der Waals surface area (Å²) in [5.41, 5.74) is 3.94. The number of aryl methyl sites for hydroxylation is 1. The maximum Gasteiger partial charge on any atom is 0.229 e. The normalized spacial score (nSPS) is 11.4. The zero-order chi connectivity index (χ0) is 13.8. The Bertz CT molecular complexity index is 704. The molecule has 3 heteroatoms. The summed E-state index contributed by atoms with van der Waals surface area (Å²) in [6.45, 7) is 2.88. The van der Waals surface area contributed by atoms with Gasteiger partial charge in [-0.2, -0.15) is 0 Å². The highest BCUT2D eigenvalue weighted by atomic mass is 28.2. The zero-order valence-corrected chi connectivity index (χ0v) is 12.8. The van der Waals surface area contributed by atoms with Crippen molar-refractivity contribution in [2.24, 2.45) is 0 Å². The van der Waals surface area contributed by atoms with E-state index < -0.39 is 0 Å². The maximum absolute atomic E-state index is 5.43. The van der Waals surface area contributed by atoms with Crippen molar-refractivity contribution in [3.8, 4) is 0 Å². The third-order valence-corrected chi connectivity index (χ3v) is 4.65. The minimum Gasteiger partial charge on any atom is -0.418 e. The van der Waals surface area contributed by atoms with E-state index in [1.54, 1.807) is 0 Å². The highest BCUT2D eigenvalue weighted by Gasteiger charge is 2.07. The number of fused-ring (bicyclic) bond motifs is 3. The van der Waals surface area contributed by atoms with Crippen LogP contribution in [0, 0.1) is 0 Å². The summed E-state index contributed by atoms with van der Waals surface area (Å²) in [5.74, 6) is 0. The molecule has 2 aromatic carbocycles. The highest BCUT2D eigenvalue weighted by molar-refractivity contribution is 6.26. The third kappa shape index (κ3) is 2.64. The molecular weight excluding hydrogens is 262 g/mol. The van der Waals surface area contributed by atoms with Gasteiger partial charge in [-0.25, -0.2) is 0 Å². The molecule has 1 heterocycles. The van der Waals surface area contributed by atoms with Crippen molar-refractivity contribution in [2.75, 3.05) is 6.61 Å². The number of rotatable bonds is 6. The lowest BCUT2D eigenvalue weighted by atomic mass is 10.1. The van der Waals surface area contributed by atoms with Gasteiger partial charge < -0.3 is 9.41 Å². The van der Waals surface area contributed by atoms with E-state index in [9.17, 15) is 0 Å². The molecule has 0 saturated carbocycles. The Labute approximate surface area is 122 Å². The fourth-order valence-corrected chi connectivity index (χ4v) is 3.34.